The van der Waals surface area contributed by atoms with Gasteiger partial charge in [0.25, 0.3) is 0 Å². The van der Waals surface area contributed by atoms with Crippen LogP contribution in [0.25, 0.3) is 0 Å². The Bertz CT molecular complexity index is 1050. The molecule has 1 aliphatic rings. The molecule has 7 heteroatoms. The van der Waals surface area contributed by atoms with Gasteiger partial charge < -0.3 is 5.32 Å². The fourth-order valence-electron chi connectivity index (χ4n) is 4.54. The van der Waals surface area contributed by atoms with E-state index in [0.29, 0.717) is 26.7 Å². The molecule has 2 aromatic carbocycles. The van der Waals surface area contributed by atoms with Crippen LogP contribution in [-0.4, -0.2) is 31.2 Å². The molecule has 1 amide bonds. The third-order valence-electron chi connectivity index (χ3n) is 5.99. The first-order chi connectivity index (χ1) is 14.6. The van der Waals surface area contributed by atoms with Crippen LogP contribution in [0, 0.1) is 27.7 Å². The third kappa shape index (κ3) is 5.30. The molecule has 2 aromatic rings. The Kier molecular flexibility index (Phi) is 7.45. The molecule has 5 nitrogen and oxygen atoms in total. The first-order valence-electron chi connectivity index (χ1n) is 10.8. The molecular weight excluding hydrogens is 432 g/mol. The lowest BCUT2D eigenvalue weighted by Gasteiger charge is -2.34. The van der Waals surface area contributed by atoms with E-state index in [0.717, 1.165) is 43.2 Å². The molecule has 3 rings (SSSR count). The minimum Gasteiger partial charge on any atom is -0.325 e. The molecule has 0 aromatic heterocycles. The SMILES string of the molecule is Cc1cc(C)c(S(=O)(=O)N(CC(=O)Nc2cccc(Cl)c2C)C2CCCCC2)c(C)c1. The number of rotatable bonds is 6. The van der Waals surface area contributed by atoms with Gasteiger partial charge in [0.2, 0.25) is 15.9 Å². The molecule has 0 atom stereocenters. The number of anilines is 1. The number of sulfonamides is 1. The van der Waals surface area contributed by atoms with Gasteiger partial charge >= 0.3 is 0 Å². The van der Waals surface area contributed by atoms with E-state index in [2.05, 4.69) is 5.32 Å². The van der Waals surface area contributed by atoms with Crippen molar-refractivity contribution in [1.82, 2.24) is 4.31 Å². The zero-order chi connectivity index (χ0) is 22.8. The van der Waals surface area contributed by atoms with Gasteiger partial charge in [0, 0.05) is 16.8 Å². The number of hydrogen-bond acceptors (Lipinski definition) is 3. The zero-order valence-corrected chi connectivity index (χ0v) is 20.2. The van der Waals surface area contributed by atoms with Crippen LogP contribution in [0.2, 0.25) is 5.02 Å². The largest absolute Gasteiger partial charge is 0.325 e. The monoisotopic (exact) mass is 462 g/mol. The van der Waals surface area contributed by atoms with E-state index in [-0.39, 0.29) is 18.5 Å². The Labute approximate surface area is 190 Å². The number of halogens is 1. The Hall–Kier alpha value is -1.89. The summed E-state index contributed by atoms with van der Waals surface area (Å²) in [6.07, 6.45) is 4.58. The Balaban J connectivity index is 1.95. The lowest BCUT2D eigenvalue weighted by molar-refractivity contribution is -0.116. The van der Waals surface area contributed by atoms with Crippen molar-refractivity contribution >= 4 is 33.2 Å². The molecule has 1 saturated carbocycles. The second kappa shape index (κ2) is 9.72. The summed E-state index contributed by atoms with van der Waals surface area (Å²) in [4.78, 5) is 13.3. The minimum absolute atomic E-state index is 0.176. The molecular formula is C24H31ClN2O3S. The lowest BCUT2D eigenvalue weighted by atomic mass is 9.95. The Morgan fingerprint density at radius 1 is 1.06 bits per heavy atom. The summed E-state index contributed by atoms with van der Waals surface area (Å²) < 4.78 is 29.1. The van der Waals surface area contributed by atoms with Crippen LogP contribution in [0.4, 0.5) is 5.69 Å². The van der Waals surface area contributed by atoms with Crippen molar-refractivity contribution in [1.29, 1.82) is 0 Å². The number of amides is 1. The number of carbonyl (C=O) groups is 1. The van der Waals surface area contributed by atoms with E-state index in [9.17, 15) is 13.2 Å². The van der Waals surface area contributed by atoms with E-state index in [1.165, 1.54) is 4.31 Å². The van der Waals surface area contributed by atoms with Crippen LogP contribution in [-0.2, 0) is 14.8 Å². The zero-order valence-electron chi connectivity index (χ0n) is 18.7. The molecule has 0 spiro atoms. The molecule has 1 N–H and O–H groups in total. The number of aryl methyl sites for hydroxylation is 3. The van der Waals surface area contributed by atoms with Crippen molar-refractivity contribution in [3.8, 4) is 0 Å². The number of nitrogens with one attached hydrogen (secondary N) is 1. The van der Waals surface area contributed by atoms with E-state index in [1.54, 1.807) is 18.2 Å². The van der Waals surface area contributed by atoms with Gasteiger partial charge in [-0.3, -0.25) is 4.79 Å². The van der Waals surface area contributed by atoms with E-state index in [4.69, 9.17) is 11.6 Å². The molecule has 0 heterocycles. The predicted octanol–water partition coefficient (Wildman–Crippen LogP) is 5.54. The first-order valence-corrected chi connectivity index (χ1v) is 12.6. The number of hydrogen-bond donors (Lipinski definition) is 1. The second-order valence-corrected chi connectivity index (χ2v) is 10.8. The molecule has 0 unspecified atom stereocenters. The van der Waals surface area contributed by atoms with Gasteiger partial charge in [-0.1, -0.05) is 54.6 Å². The summed E-state index contributed by atoms with van der Waals surface area (Å²) in [6.45, 7) is 7.21. The highest BCUT2D eigenvalue weighted by atomic mass is 35.5. The summed E-state index contributed by atoms with van der Waals surface area (Å²) in [5, 5.41) is 3.41. The van der Waals surface area contributed by atoms with Crippen molar-refractivity contribution < 1.29 is 13.2 Å². The molecule has 0 radical (unpaired) electrons. The van der Waals surface area contributed by atoms with Crippen LogP contribution in [0.5, 0.6) is 0 Å². The van der Waals surface area contributed by atoms with E-state index < -0.39 is 10.0 Å². The van der Waals surface area contributed by atoms with Crippen molar-refractivity contribution in [3.63, 3.8) is 0 Å². The first kappa shape index (κ1) is 23.8. The maximum atomic E-state index is 13.8. The van der Waals surface area contributed by atoms with Gasteiger partial charge in [-0.05, 0) is 69.4 Å². The lowest BCUT2D eigenvalue weighted by Crippen LogP contribution is -2.46. The van der Waals surface area contributed by atoms with Gasteiger partial charge in [-0.25, -0.2) is 8.42 Å². The van der Waals surface area contributed by atoms with E-state index >= 15 is 0 Å². The molecule has 31 heavy (non-hydrogen) atoms. The quantitative estimate of drug-likeness (QED) is 0.613. The fourth-order valence-corrected chi connectivity index (χ4v) is 6.78. The molecule has 0 aliphatic heterocycles. The number of benzene rings is 2. The van der Waals surface area contributed by atoms with Gasteiger partial charge in [-0.15, -0.1) is 0 Å². The standard InChI is InChI=1S/C24H31ClN2O3S/c1-16-13-17(2)24(18(3)14-16)31(29,30)27(20-9-6-5-7-10-20)15-23(28)26-22-12-8-11-21(25)19(22)4/h8,11-14,20H,5-7,9-10,15H2,1-4H3,(H,26,28). The Morgan fingerprint density at radius 3 is 2.29 bits per heavy atom. The van der Waals surface area contributed by atoms with Crippen molar-refractivity contribution in [2.75, 3.05) is 11.9 Å². The van der Waals surface area contributed by atoms with Gasteiger partial charge in [0.05, 0.1) is 11.4 Å². The maximum Gasteiger partial charge on any atom is 0.244 e. The molecule has 1 fully saturated rings. The Morgan fingerprint density at radius 2 is 1.68 bits per heavy atom. The number of nitrogens with zero attached hydrogens (tertiary/aromatic N) is 1. The average Bonchev–Trinajstić information content (AvgIpc) is 2.69. The van der Waals surface area contributed by atoms with Crippen molar-refractivity contribution in [3.05, 3.63) is 57.6 Å². The van der Waals surface area contributed by atoms with Crippen LogP contribution in [0.3, 0.4) is 0 Å². The smallest absolute Gasteiger partial charge is 0.244 e. The van der Waals surface area contributed by atoms with Crippen LogP contribution in [0.1, 0.15) is 54.4 Å². The van der Waals surface area contributed by atoms with Crippen molar-refractivity contribution in [2.45, 2.75) is 70.7 Å². The summed E-state index contributed by atoms with van der Waals surface area (Å²) in [5.74, 6) is -0.359. The van der Waals surface area contributed by atoms with Crippen LogP contribution in [0.15, 0.2) is 35.2 Å². The van der Waals surface area contributed by atoms with Gasteiger partial charge in [0.1, 0.15) is 0 Å². The van der Waals surface area contributed by atoms with Crippen LogP contribution < -0.4 is 5.32 Å². The van der Waals surface area contributed by atoms with Crippen LogP contribution >= 0.6 is 11.6 Å². The summed E-state index contributed by atoms with van der Waals surface area (Å²) in [5.41, 5.74) is 3.80. The van der Waals surface area contributed by atoms with E-state index in [1.807, 2.05) is 39.8 Å². The minimum atomic E-state index is -3.84. The highest BCUT2D eigenvalue weighted by Crippen LogP contribution is 2.31. The summed E-state index contributed by atoms with van der Waals surface area (Å²) in [6, 6.07) is 8.88. The van der Waals surface area contributed by atoms with Gasteiger partial charge in [-0.2, -0.15) is 4.31 Å². The highest BCUT2D eigenvalue weighted by Gasteiger charge is 2.35. The molecule has 0 bridgehead atoms. The average molecular weight is 463 g/mol. The van der Waals surface area contributed by atoms with Gasteiger partial charge in [0.15, 0.2) is 0 Å². The fraction of sp³-hybridized carbons (Fsp3) is 0.458. The molecule has 168 valence electrons. The predicted molar refractivity (Wildman–Crippen MR) is 126 cm³/mol. The third-order valence-corrected chi connectivity index (χ3v) is 8.61. The number of carbonyl (C=O) groups excluding carboxylic acids is 1. The second-order valence-electron chi connectivity index (χ2n) is 8.53. The summed E-state index contributed by atoms with van der Waals surface area (Å²) in [7, 11) is -3.84. The normalized spacial score (nSPS) is 15.3. The molecule has 0 saturated heterocycles. The van der Waals surface area contributed by atoms with Crippen molar-refractivity contribution in [2.24, 2.45) is 0 Å². The summed E-state index contributed by atoms with van der Waals surface area (Å²) >= 11 is 6.17. The topological polar surface area (TPSA) is 66.5 Å². The highest BCUT2D eigenvalue weighted by molar-refractivity contribution is 7.89. The molecule has 1 aliphatic carbocycles. The maximum absolute atomic E-state index is 13.8.